The van der Waals surface area contributed by atoms with E-state index in [4.69, 9.17) is 0 Å². The fourth-order valence-corrected chi connectivity index (χ4v) is 2.15. The minimum Gasteiger partial charge on any atom is -0.387 e. The summed E-state index contributed by atoms with van der Waals surface area (Å²) in [4.78, 5) is 24.2. The molecule has 0 fully saturated rings. The Morgan fingerprint density at radius 2 is 1.92 bits per heavy atom. The molecule has 0 unspecified atom stereocenters. The Bertz CT molecular complexity index is 729. The van der Waals surface area contributed by atoms with Crippen molar-refractivity contribution in [2.75, 3.05) is 25.5 Å². The number of carbonyl (C=O) groups is 1. The topological polar surface area (TPSA) is 95.7 Å². The van der Waals surface area contributed by atoms with Crippen LogP contribution < -0.4 is 10.2 Å². The highest BCUT2D eigenvalue weighted by Crippen LogP contribution is 2.18. The van der Waals surface area contributed by atoms with Gasteiger partial charge >= 0.3 is 0 Å². The molecule has 2 N–H and O–H groups in total. The van der Waals surface area contributed by atoms with Gasteiger partial charge in [0.1, 0.15) is 0 Å². The van der Waals surface area contributed by atoms with E-state index in [0.717, 1.165) is 5.69 Å². The molecular weight excluding hydrogens is 310 g/mol. The SMILES string of the molecule is CN(C)c1cccc(C(=O)NC[C@@H](O)c2ccc([N+](=O)[O-])cc2)c1. The van der Waals surface area contributed by atoms with Crippen LogP contribution >= 0.6 is 0 Å². The minimum absolute atomic E-state index is 0.0167. The van der Waals surface area contributed by atoms with Gasteiger partial charge in [0.2, 0.25) is 0 Å². The van der Waals surface area contributed by atoms with E-state index in [2.05, 4.69) is 5.32 Å². The van der Waals surface area contributed by atoms with Crippen molar-refractivity contribution in [3.05, 3.63) is 69.8 Å². The Morgan fingerprint density at radius 1 is 1.25 bits per heavy atom. The summed E-state index contributed by atoms with van der Waals surface area (Å²) >= 11 is 0. The van der Waals surface area contributed by atoms with Gasteiger partial charge in [-0.05, 0) is 35.9 Å². The van der Waals surface area contributed by atoms with Gasteiger partial charge in [0.15, 0.2) is 0 Å². The van der Waals surface area contributed by atoms with Crippen LogP contribution in [0.25, 0.3) is 0 Å². The Kier molecular flexibility index (Phi) is 5.49. The lowest BCUT2D eigenvalue weighted by atomic mass is 10.1. The van der Waals surface area contributed by atoms with Crippen LogP contribution in [-0.2, 0) is 0 Å². The molecule has 0 bridgehead atoms. The van der Waals surface area contributed by atoms with E-state index in [1.807, 2.05) is 25.1 Å². The number of hydrogen-bond acceptors (Lipinski definition) is 5. The van der Waals surface area contributed by atoms with E-state index >= 15 is 0 Å². The van der Waals surface area contributed by atoms with Crippen LogP contribution in [0, 0.1) is 10.1 Å². The number of nitrogens with one attached hydrogen (secondary N) is 1. The molecular formula is C17H19N3O4. The lowest BCUT2D eigenvalue weighted by Crippen LogP contribution is -2.28. The van der Waals surface area contributed by atoms with Gasteiger partial charge in [-0.3, -0.25) is 14.9 Å². The number of aliphatic hydroxyl groups excluding tert-OH is 1. The molecule has 1 amide bonds. The maximum atomic E-state index is 12.2. The molecule has 2 aromatic rings. The largest absolute Gasteiger partial charge is 0.387 e. The molecule has 0 heterocycles. The summed E-state index contributed by atoms with van der Waals surface area (Å²) in [5, 5.41) is 23.4. The number of carbonyl (C=O) groups excluding carboxylic acids is 1. The fourth-order valence-electron chi connectivity index (χ4n) is 2.15. The van der Waals surface area contributed by atoms with Crippen molar-refractivity contribution in [1.82, 2.24) is 5.32 Å². The van der Waals surface area contributed by atoms with Gasteiger partial charge in [-0.1, -0.05) is 6.07 Å². The molecule has 0 saturated heterocycles. The van der Waals surface area contributed by atoms with E-state index in [9.17, 15) is 20.0 Å². The monoisotopic (exact) mass is 329 g/mol. The average Bonchev–Trinajstić information content (AvgIpc) is 2.59. The van der Waals surface area contributed by atoms with Crippen molar-refractivity contribution in [3.8, 4) is 0 Å². The summed E-state index contributed by atoms with van der Waals surface area (Å²) in [6, 6.07) is 12.7. The van der Waals surface area contributed by atoms with Crippen molar-refractivity contribution >= 4 is 17.3 Å². The Labute approximate surface area is 139 Å². The maximum absolute atomic E-state index is 12.2. The normalized spacial score (nSPS) is 11.6. The molecule has 0 aliphatic rings. The molecule has 24 heavy (non-hydrogen) atoms. The first-order valence-electron chi connectivity index (χ1n) is 7.36. The van der Waals surface area contributed by atoms with Gasteiger partial charge in [-0.25, -0.2) is 0 Å². The smallest absolute Gasteiger partial charge is 0.269 e. The lowest BCUT2D eigenvalue weighted by molar-refractivity contribution is -0.384. The number of benzene rings is 2. The number of amides is 1. The second-order valence-electron chi connectivity index (χ2n) is 5.52. The van der Waals surface area contributed by atoms with Crippen LogP contribution in [-0.4, -0.2) is 36.6 Å². The number of anilines is 1. The molecule has 7 heteroatoms. The highest BCUT2D eigenvalue weighted by atomic mass is 16.6. The fraction of sp³-hybridized carbons (Fsp3) is 0.235. The molecule has 0 aromatic heterocycles. The van der Waals surface area contributed by atoms with Gasteiger partial charge in [-0.15, -0.1) is 0 Å². The van der Waals surface area contributed by atoms with Gasteiger partial charge in [-0.2, -0.15) is 0 Å². The standard InChI is InChI=1S/C17H19N3O4/c1-19(2)15-5-3-4-13(10-15)17(22)18-11-16(21)12-6-8-14(9-7-12)20(23)24/h3-10,16,21H,11H2,1-2H3,(H,18,22)/t16-/m1/s1. The summed E-state index contributed by atoms with van der Waals surface area (Å²) in [5.41, 5.74) is 1.86. The van der Waals surface area contributed by atoms with Crippen LogP contribution in [0.1, 0.15) is 22.0 Å². The molecule has 1 atom stereocenters. The molecule has 0 aliphatic carbocycles. The number of nitro benzene ring substituents is 1. The lowest BCUT2D eigenvalue weighted by Gasteiger charge is -2.15. The van der Waals surface area contributed by atoms with Crippen LogP contribution in [0.2, 0.25) is 0 Å². The Morgan fingerprint density at radius 3 is 2.50 bits per heavy atom. The third-order valence-corrected chi connectivity index (χ3v) is 3.57. The van der Waals surface area contributed by atoms with Crippen molar-refractivity contribution in [1.29, 1.82) is 0 Å². The number of rotatable bonds is 6. The third kappa shape index (κ3) is 4.30. The van der Waals surface area contributed by atoms with Crippen LogP contribution in [0.3, 0.4) is 0 Å². The second-order valence-corrected chi connectivity index (χ2v) is 5.52. The van der Waals surface area contributed by atoms with Gasteiger partial charge in [0.25, 0.3) is 11.6 Å². The summed E-state index contributed by atoms with van der Waals surface area (Å²) in [5.74, 6) is -0.292. The molecule has 0 aliphatic heterocycles. The highest BCUT2D eigenvalue weighted by Gasteiger charge is 2.13. The van der Waals surface area contributed by atoms with Crippen molar-refractivity contribution in [2.24, 2.45) is 0 Å². The van der Waals surface area contributed by atoms with E-state index in [1.165, 1.54) is 24.3 Å². The van der Waals surface area contributed by atoms with Crippen molar-refractivity contribution < 1.29 is 14.8 Å². The van der Waals surface area contributed by atoms with Crippen LogP contribution in [0.15, 0.2) is 48.5 Å². The highest BCUT2D eigenvalue weighted by molar-refractivity contribution is 5.95. The number of nitrogens with zero attached hydrogens (tertiary/aromatic N) is 2. The predicted molar refractivity (Wildman–Crippen MR) is 91.2 cm³/mol. The van der Waals surface area contributed by atoms with E-state index in [0.29, 0.717) is 11.1 Å². The summed E-state index contributed by atoms with van der Waals surface area (Å²) in [7, 11) is 3.77. The third-order valence-electron chi connectivity index (χ3n) is 3.57. The van der Waals surface area contributed by atoms with Crippen molar-refractivity contribution in [3.63, 3.8) is 0 Å². The number of non-ortho nitro benzene ring substituents is 1. The van der Waals surface area contributed by atoms with Gasteiger partial charge < -0.3 is 15.3 Å². The second kappa shape index (κ2) is 7.56. The first kappa shape index (κ1) is 17.4. The Hall–Kier alpha value is -2.93. The van der Waals surface area contributed by atoms with Crippen LogP contribution in [0.4, 0.5) is 11.4 Å². The van der Waals surface area contributed by atoms with Gasteiger partial charge in [0.05, 0.1) is 11.0 Å². The minimum atomic E-state index is -0.938. The molecule has 2 aromatic carbocycles. The predicted octanol–water partition coefficient (Wildman–Crippen LogP) is 2.12. The van der Waals surface area contributed by atoms with E-state index < -0.39 is 11.0 Å². The molecule has 7 nitrogen and oxygen atoms in total. The molecule has 0 radical (unpaired) electrons. The quantitative estimate of drug-likeness (QED) is 0.625. The number of nitro groups is 1. The first-order valence-corrected chi connectivity index (χ1v) is 7.36. The zero-order valence-corrected chi connectivity index (χ0v) is 13.5. The van der Waals surface area contributed by atoms with E-state index in [-0.39, 0.29) is 18.1 Å². The number of aliphatic hydroxyl groups is 1. The maximum Gasteiger partial charge on any atom is 0.269 e. The summed E-state index contributed by atoms with van der Waals surface area (Å²) in [6.07, 6.45) is -0.938. The van der Waals surface area contributed by atoms with Crippen LogP contribution in [0.5, 0.6) is 0 Å². The number of hydrogen-bond donors (Lipinski definition) is 2. The molecule has 2 rings (SSSR count). The van der Waals surface area contributed by atoms with Gasteiger partial charge in [0, 0.05) is 44.0 Å². The molecule has 0 saturated carbocycles. The molecule has 126 valence electrons. The Balaban J connectivity index is 1.98. The zero-order chi connectivity index (χ0) is 17.7. The molecule has 0 spiro atoms. The first-order chi connectivity index (χ1) is 11.4. The summed E-state index contributed by atoms with van der Waals surface area (Å²) < 4.78 is 0. The zero-order valence-electron chi connectivity index (χ0n) is 13.5. The van der Waals surface area contributed by atoms with Crippen molar-refractivity contribution in [2.45, 2.75) is 6.10 Å². The summed E-state index contributed by atoms with van der Waals surface area (Å²) in [6.45, 7) is 0.0167. The van der Waals surface area contributed by atoms with E-state index in [1.54, 1.807) is 18.2 Å². The average molecular weight is 329 g/mol.